The molecule has 1 aromatic heterocycles. The van der Waals surface area contributed by atoms with Gasteiger partial charge in [0.05, 0.1) is 5.52 Å². The minimum absolute atomic E-state index is 0.0415. The summed E-state index contributed by atoms with van der Waals surface area (Å²) in [6.07, 6.45) is 24.1. The summed E-state index contributed by atoms with van der Waals surface area (Å²) in [5.74, 6) is 1.70. The summed E-state index contributed by atoms with van der Waals surface area (Å²) in [6.45, 7) is 0. The van der Waals surface area contributed by atoms with Crippen LogP contribution in [-0.4, -0.2) is 22.0 Å². The zero-order chi connectivity index (χ0) is 31.1. The molecule has 0 radical (unpaired) electrons. The van der Waals surface area contributed by atoms with E-state index in [1.165, 1.54) is 44.0 Å². The molecule has 5 heteroatoms. The molecule has 234 valence electrons. The zero-order valence-electron chi connectivity index (χ0n) is 26.3. The number of halogens is 1. The molecule has 0 N–H and O–H groups in total. The van der Waals surface area contributed by atoms with Crippen molar-refractivity contribution in [3.05, 3.63) is 142 Å². The van der Waals surface area contributed by atoms with Crippen molar-refractivity contribution in [3.8, 4) is 11.4 Å². The molecule has 3 heterocycles. The highest BCUT2D eigenvalue weighted by Crippen LogP contribution is 2.56. The first-order chi connectivity index (χ1) is 23.2. The Morgan fingerprint density at radius 3 is 2.70 bits per heavy atom. The van der Waals surface area contributed by atoms with E-state index in [-0.39, 0.29) is 23.9 Å². The SMILES string of the molecule is Fc1ccc(-n2c3c(c4cc(N(C5=C6SC7CC=CCC7C6=CCC5)C5CC=CC6Oc7ccccc7C65)ccc42)C=CCC3)cc1. The Bertz CT molecular complexity index is 2080. The van der Waals surface area contributed by atoms with Crippen molar-refractivity contribution in [3.63, 3.8) is 0 Å². The van der Waals surface area contributed by atoms with Gasteiger partial charge >= 0.3 is 0 Å². The second-order valence-corrected chi connectivity index (χ2v) is 15.0. The van der Waals surface area contributed by atoms with Crippen LogP contribution in [0.25, 0.3) is 22.7 Å². The third-order valence-electron chi connectivity index (χ3n) is 11.2. The van der Waals surface area contributed by atoms with Crippen LogP contribution in [0, 0.1) is 11.7 Å². The molecule has 0 saturated carbocycles. The van der Waals surface area contributed by atoms with Gasteiger partial charge in [0.1, 0.15) is 17.7 Å². The fourth-order valence-corrected chi connectivity index (χ4v) is 10.9. The number of fused-ring (bicyclic) bond motifs is 9. The van der Waals surface area contributed by atoms with Crippen LogP contribution in [0.2, 0.25) is 0 Å². The van der Waals surface area contributed by atoms with Crippen LogP contribution in [0.4, 0.5) is 10.1 Å². The van der Waals surface area contributed by atoms with E-state index in [2.05, 4.69) is 106 Å². The number of rotatable bonds is 4. The van der Waals surface area contributed by atoms with Gasteiger partial charge < -0.3 is 14.2 Å². The molecule has 4 aromatic rings. The van der Waals surface area contributed by atoms with E-state index in [0.717, 1.165) is 56.4 Å². The lowest BCUT2D eigenvalue weighted by atomic mass is 9.80. The number of anilines is 1. The molecule has 3 aromatic carbocycles. The molecule has 1 saturated heterocycles. The molecule has 2 aliphatic heterocycles. The number of allylic oxidation sites excluding steroid dienone is 6. The number of nitrogens with zero attached hydrogens (tertiary/aromatic N) is 2. The lowest BCUT2D eigenvalue weighted by Crippen LogP contribution is -2.44. The van der Waals surface area contributed by atoms with Crippen molar-refractivity contribution in [1.29, 1.82) is 0 Å². The Balaban J connectivity index is 1.18. The Morgan fingerprint density at radius 2 is 1.77 bits per heavy atom. The van der Waals surface area contributed by atoms with Gasteiger partial charge in [-0.15, -0.1) is 11.8 Å². The molecular formula is C42H37FN2OS. The average molecular weight is 637 g/mol. The lowest BCUT2D eigenvalue weighted by Gasteiger charge is -2.42. The van der Waals surface area contributed by atoms with E-state index in [1.807, 2.05) is 12.1 Å². The molecular weight excluding hydrogens is 600 g/mol. The summed E-state index contributed by atoms with van der Waals surface area (Å²) in [4.78, 5) is 4.28. The van der Waals surface area contributed by atoms with Crippen molar-refractivity contribution < 1.29 is 9.13 Å². The van der Waals surface area contributed by atoms with Crippen molar-refractivity contribution >= 4 is 34.4 Å². The van der Waals surface area contributed by atoms with Crippen molar-refractivity contribution in [2.75, 3.05) is 4.90 Å². The van der Waals surface area contributed by atoms with Gasteiger partial charge in [-0.3, -0.25) is 0 Å². The van der Waals surface area contributed by atoms with Gasteiger partial charge in [0.15, 0.2) is 0 Å². The molecule has 1 fully saturated rings. The fraction of sp³-hybridized carbons (Fsp3) is 0.286. The summed E-state index contributed by atoms with van der Waals surface area (Å²) in [5.41, 5.74) is 10.5. The van der Waals surface area contributed by atoms with E-state index in [9.17, 15) is 4.39 Å². The Labute approximate surface area is 279 Å². The summed E-state index contributed by atoms with van der Waals surface area (Å²) < 4.78 is 22.9. The number of hydrogen-bond acceptors (Lipinski definition) is 3. The molecule has 0 amide bonds. The van der Waals surface area contributed by atoms with E-state index in [4.69, 9.17) is 4.74 Å². The zero-order valence-corrected chi connectivity index (χ0v) is 27.1. The second-order valence-electron chi connectivity index (χ2n) is 13.7. The summed E-state index contributed by atoms with van der Waals surface area (Å²) in [7, 11) is 0. The normalized spacial score (nSPS) is 26.7. The van der Waals surface area contributed by atoms with Crippen LogP contribution in [0.3, 0.4) is 0 Å². The van der Waals surface area contributed by atoms with Gasteiger partial charge in [-0.2, -0.15) is 0 Å². The van der Waals surface area contributed by atoms with Gasteiger partial charge in [-0.05, 0) is 105 Å². The van der Waals surface area contributed by atoms with Gasteiger partial charge in [0, 0.05) is 67.3 Å². The number of hydrogen-bond donors (Lipinski definition) is 0. The highest BCUT2D eigenvalue weighted by atomic mass is 32.2. The van der Waals surface area contributed by atoms with Gasteiger partial charge in [0.25, 0.3) is 0 Å². The summed E-state index contributed by atoms with van der Waals surface area (Å²) in [5, 5.41) is 1.90. The predicted molar refractivity (Wildman–Crippen MR) is 192 cm³/mol. The lowest BCUT2D eigenvalue weighted by molar-refractivity contribution is 0.231. The third-order valence-corrected chi connectivity index (χ3v) is 12.8. The predicted octanol–water partition coefficient (Wildman–Crippen LogP) is 10.4. The summed E-state index contributed by atoms with van der Waals surface area (Å²) in [6, 6.07) is 23.0. The van der Waals surface area contributed by atoms with Crippen molar-refractivity contribution in [2.24, 2.45) is 5.92 Å². The molecule has 0 spiro atoms. The maximum absolute atomic E-state index is 14.0. The first-order valence-corrected chi connectivity index (χ1v) is 18.2. The minimum Gasteiger partial charge on any atom is -0.485 e. The van der Waals surface area contributed by atoms with Crippen LogP contribution >= 0.6 is 11.8 Å². The maximum Gasteiger partial charge on any atom is 0.126 e. The van der Waals surface area contributed by atoms with Crippen LogP contribution in [0.1, 0.15) is 61.3 Å². The number of ether oxygens (including phenoxy) is 1. The largest absolute Gasteiger partial charge is 0.485 e. The Kier molecular flexibility index (Phi) is 6.47. The second kappa shape index (κ2) is 10.9. The highest BCUT2D eigenvalue weighted by Gasteiger charge is 2.46. The Hall–Kier alpha value is -4.22. The fourth-order valence-electron chi connectivity index (χ4n) is 9.22. The molecule has 5 unspecified atom stereocenters. The monoisotopic (exact) mass is 636 g/mol. The van der Waals surface area contributed by atoms with Crippen molar-refractivity contribution in [1.82, 2.24) is 4.57 Å². The van der Waals surface area contributed by atoms with Crippen LogP contribution in [-0.2, 0) is 6.42 Å². The molecule has 47 heavy (non-hydrogen) atoms. The maximum atomic E-state index is 14.0. The van der Waals surface area contributed by atoms with E-state index >= 15 is 0 Å². The number of para-hydroxylation sites is 1. The number of thioether (sulfide) groups is 1. The number of aromatic nitrogens is 1. The quantitative estimate of drug-likeness (QED) is 0.208. The first-order valence-electron chi connectivity index (χ1n) is 17.3. The van der Waals surface area contributed by atoms with Gasteiger partial charge in [0.2, 0.25) is 0 Å². The molecule has 6 aliphatic rings. The molecule has 4 aliphatic carbocycles. The molecule has 5 atom stereocenters. The van der Waals surface area contributed by atoms with Crippen LogP contribution < -0.4 is 9.64 Å². The van der Waals surface area contributed by atoms with Crippen molar-refractivity contribution in [2.45, 2.75) is 68.3 Å². The van der Waals surface area contributed by atoms with E-state index in [0.29, 0.717) is 11.2 Å². The topological polar surface area (TPSA) is 17.4 Å². The number of benzene rings is 3. The Morgan fingerprint density at radius 1 is 0.872 bits per heavy atom. The van der Waals surface area contributed by atoms with Gasteiger partial charge in [-0.25, -0.2) is 4.39 Å². The standard InChI is InChI=1S/C42H37FN2OS/c43-26-19-21-27(22-20-26)44-34-13-4-1-9-29(34)33-25-28(23-24-35(33)44)45(36-14-8-17-39-41(36)32-11-2-5-16-38(32)46-39)37-15-7-12-31-30-10-3-6-18-40(30)47-42(31)37/h1-3,5-6,8-9,11-12,16-17,19-25,30,36,39-41H,4,7,10,13-15,18H2. The molecule has 0 bridgehead atoms. The van der Waals surface area contributed by atoms with Gasteiger partial charge in [-0.1, -0.05) is 54.7 Å². The summed E-state index contributed by atoms with van der Waals surface area (Å²) >= 11 is 2.14. The molecule has 3 nitrogen and oxygen atoms in total. The average Bonchev–Trinajstić information content (AvgIpc) is 3.79. The minimum atomic E-state index is -0.204. The van der Waals surface area contributed by atoms with Crippen LogP contribution in [0.15, 0.2) is 119 Å². The van der Waals surface area contributed by atoms with E-state index < -0.39 is 0 Å². The first kappa shape index (κ1) is 27.9. The smallest absolute Gasteiger partial charge is 0.126 e. The molecule has 10 rings (SSSR count). The van der Waals surface area contributed by atoms with E-state index in [1.54, 1.807) is 17.7 Å². The highest BCUT2D eigenvalue weighted by molar-refractivity contribution is 8.04. The van der Waals surface area contributed by atoms with Crippen LogP contribution in [0.5, 0.6) is 5.75 Å². The third kappa shape index (κ3) is 4.32.